The molecule has 1 amide bonds. The van der Waals surface area contributed by atoms with Crippen molar-refractivity contribution in [3.05, 3.63) is 78.4 Å². The highest BCUT2D eigenvalue weighted by molar-refractivity contribution is 7.99. The summed E-state index contributed by atoms with van der Waals surface area (Å²) in [6.07, 6.45) is 0. The summed E-state index contributed by atoms with van der Waals surface area (Å²) >= 11 is 1.23. The van der Waals surface area contributed by atoms with Crippen LogP contribution in [0.4, 0.5) is 5.69 Å². The molecular weight excluding hydrogens is 522 g/mol. The van der Waals surface area contributed by atoms with Crippen molar-refractivity contribution in [1.29, 1.82) is 0 Å². The molecule has 0 saturated heterocycles. The van der Waals surface area contributed by atoms with E-state index in [0.29, 0.717) is 34.6 Å². The molecule has 0 atom stereocenters. The van der Waals surface area contributed by atoms with Crippen molar-refractivity contribution < 1.29 is 17.9 Å². The molecule has 1 aromatic heterocycles. The van der Waals surface area contributed by atoms with Crippen molar-refractivity contribution in [3.63, 3.8) is 0 Å². The van der Waals surface area contributed by atoms with Gasteiger partial charge in [-0.1, -0.05) is 48.2 Å². The van der Waals surface area contributed by atoms with Crippen LogP contribution in [0.2, 0.25) is 0 Å². The van der Waals surface area contributed by atoms with Crippen LogP contribution in [0.15, 0.2) is 82.8 Å². The number of amides is 1. The SMILES string of the molecule is CCOc1ccccc1NC(=O)CSc1nnc(-c2cccc(S(=O)(=O)N(C)C)c2)n1-c1cccc(C)c1. The van der Waals surface area contributed by atoms with Gasteiger partial charge in [0.15, 0.2) is 11.0 Å². The minimum absolute atomic E-state index is 0.0828. The Morgan fingerprint density at radius 3 is 2.53 bits per heavy atom. The Kier molecular flexibility index (Phi) is 8.50. The van der Waals surface area contributed by atoms with E-state index >= 15 is 0 Å². The van der Waals surface area contributed by atoms with E-state index in [0.717, 1.165) is 11.3 Å². The first kappa shape index (κ1) is 27.4. The number of nitrogens with zero attached hydrogens (tertiary/aromatic N) is 4. The lowest BCUT2D eigenvalue weighted by molar-refractivity contribution is -0.113. The lowest BCUT2D eigenvalue weighted by atomic mass is 10.2. The molecule has 1 heterocycles. The van der Waals surface area contributed by atoms with Gasteiger partial charge in [-0.15, -0.1) is 10.2 Å². The second-order valence-corrected chi connectivity index (χ2v) is 11.7. The van der Waals surface area contributed by atoms with Crippen LogP contribution in [0.3, 0.4) is 0 Å². The van der Waals surface area contributed by atoms with Crippen LogP contribution in [-0.4, -0.2) is 59.8 Å². The van der Waals surface area contributed by atoms with E-state index in [1.54, 1.807) is 36.4 Å². The van der Waals surface area contributed by atoms with E-state index in [-0.39, 0.29) is 16.6 Å². The van der Waals surface area contributed by atoms with Crippen LogP contribution in [0, 0.1) is 6.92 Å². The Morgan fingerprint density at radius 1 is 1.03 bits per heavy atom. The van der Waals surface area contributed by atoms with Crippen molar-refractivity contribution in [2.45, 2.75) is 23.9 Å². The fourth-order valence-electron chi connectivity index (χ4n) is 3.72. The fourth-order valence-corrected chi connectivity index (χ4v) is 5.42. The standard InChI is InChI=1S/C27H29N5O4S2/c1-5-36-24-15-7-6-14-23(24)28-25(33)18-37-27-30-29-26(32(27)21-12-8-10-19(2)16-21)20-11-9-13-22(17-20)38(34,35)31(3)4/h6-17H,5,18H2,1-4H3,(H,28,33). The molecule has 198 valence electrons. The van der Waals surface area contributed by atoms with Gasteiger partial charge in [0.25, 0.3) is 0 Å². The molecule has 11 heteroatoms. The molecule has 9 nitrogen and oxygen atoms in total. The minimum atomic E-state index is -3.64. The zero-order valence-corrected chi connectivity index (χ0v) is 23.2. The number of hydrogen-bond acceptors (Lipinski definition) is 7. The molecule has 4 rings (SSSR count). The van der Waals surface area contributed by atoms with Crippen molar-refractivity contribution >= 4 is 33.4 Å². The predicted molar refractivity (Wildman–Crippen MR) is 149 cm³/mol. The maximum Gasteiger partial charge on any atom is 0.242 e. The molecule has 3 aromatic carbocycles. The maximum absolute atomic E-state index is 12.8. The van der Waals surface area contributed by atoms with E-state index < -0.39 is 10.0 Å². The molecule has 0 aliphatic heterocycles. The third-order valence-electron chi connectivity index (χ3n) is 5.56. The molecule has 38 heavy (non-hydrogen) atoms. The molecule has 0 spiro atoms. The summed E-state index contributed by atoms with van der Waals surface area (Å²) in [6.45, 7) is 4.35. The molecular formula is C27H29N5O4S2. The second kappa shape index (κ2) is 11.8. The third-order valence-corrected chi connectivity index (χ3v) is 8.30. The number of carbonyl (C=O) groups is 1. The van der Waals surface area contributed by atoms with Gasteiger partial charge in [0, 0.05) is 25.3 Å². The van der Waals surface area contributed by atoms with Crippen molar-refractivity contribution in [3.8, 4) is 22.8 Å². The number of carbonyl (C=O) groups excluding carboxylic acids is 1. The van der Waals surface area contributed by atoms with E-state index in [1.165, 1.54) is 30.2 Å². The van der Waals surface area contributed by atoms with Gasteiger partial charge in [0.2, 0.25) is 15.9 Å². The van der Waals surface area contributed by atoms with Gasteiger partial charge in [-0.3, -0.25) is 9.36 Å². The van der Waals surface area contributed by atoms with Gasteiger partial charge in [-0.2, -0.15) is 0 Å². The average Bonchev–Trinajstić information content (AvgIpc) is 3.33. The smallest absolute Gasteiger partial charge is 0.242 e. The number of sulfonamides is 1. The quantitative estimate of drug-likeness (QED) is 0.287. The lowest BCUT2D eigenvalue weighted by Crippen LogP contribution is -2.22. The van der Waals surface area contributed by atoms with E-state index in [1.807, 2.05) is 54.8 Å². The van der Waals surface area contributed by atoms with Crippen molar-refractivity contribution in [2.75, 3.05) is 31.8 Å². The largest absolute Gasteiger partial charge is 0.492 e. The molecule has 0 radical (unpaired) electrons. The van der Waals surface area contributed by atoms with Crippen LogP contribution < -0.4 is 10.1 Å². The van der Waals surface area contributed by atoms with Crippen molar-refractivity contribution in [2.24, 2.45) is 0 Å². The summed E-state index contributed by atoms with van der Waals surface area (Å²) in [7, 11) is -0.656. The summed E-state index contributed by atoms with van der Waals surface area (Å²) < 4.78 is 34.1. The monoisotopic (exact) mass is 551 g/mol. The lowest BCUT2D eigenvalue weighted by Gasteiger charge is -2.14. The van der Waals surface area contributed by atoms with E-state index in [9.17, 15) is 13.2 Å². The Hall–Kier alpha value is -3.67. The fraction of sp³-hybridized carbons (Fsp3) is 0.222. The number of benzene rings is 3. The Balaban J connectivity index is 1.66. The Bertz CT molecular complexity index is 1550. The number of hydrogen-bond donors (Lipinski definition) is 1. The first-order valence-corrected chi connectivity index (χ1v) is 14.3. The van der Waals surface area contributed by atoms with Crippen LogP contribution in [0.5, 0.6) is 5.75 Å². The number of ether oxygens (including phenoxy) is 1. The molecule has 0 saturated carbocycles. The number of para-hydroxylation sites is 2. The average molecular weight is 552 g/mol. The van der Waals surface area contributed by atoms with Gasteiger partial charge >= 0.3 is 0 Å². The molecule has 1 N–H and O–H groups in total. The number of thioether (sulfide) groups is 1. The van der Waals surface area contributed by atoms with Crippen LogP contribution in [0.1, 0.15) is 12.5 Å². The van der Waals surface area contributed by atoms with Gasteiger partial charge in [-0.05, 0) is 55.8 Å². The normalized spacial score (nSPS) is 11.5. The Morgan fingerprint density at radius 2 is 1.79 bits per heavy atom. The molecule has 0 aliphatic rings. The van der Waals surface area contributed by atoms with Crippen molar-refractivity contribution in [1.82, 2.24) is 19.1 Å². The van der Waals surface area contributed by atoms with Crippen LogP contribution in [-0.2, 0) is 14.8 Å². The van der Waals surface area contributed by atoms with Gasteiger partial charge < -0.3 is 10.1 Å². The summed E-state index contributed by atoms with van der Waals surface area (Å²) in [4.78, 5) is 13.0. The molecule has 0 unspecified atom stereocenters. The van der Waals surface area contributed by atoms with Gasteiger partial charge in [0.05, 0.1) is 22.9 Å². The number of aryl methyl sites for hydroxylation is 1. The number of nitrogens with one attached hydrogen (secondary N) is 1. The molecule has 0 aliphatic carbocycles. The zero-order valence-electron chi connectivity index (χ0n) is 21.6. The first-order valence-electron chi connectivity index (χ1n) is 11.9. The van der Waals surface area contributed by atoms with Crippen LogP contribution >= 0.6 is 11.8 Å². The number of anilines is 1. The summed E-state index contributed by atoms with van der Waals surface area (Å²) in [5.41, 5.74) is 3.02. The predicted octanol–water partition coefficient (Wildman–Crippen LogP) is 4.62. The highest BCUT2D eigenvalue weighted by Gasteiger charge is 2.21. The highest BCUT2D eigenvalue weighted by atomic mass is 32.2. The van der Waals surface area contributed by atoms with Gasteiger partial charge in [-0.25, -0.2) is 12.7 Å². The topological polar surface area (TPSA) is 106 Å². The van der Waals surface area contributed by atoms with E-state index in [4.69, 9.17) is 4.74 Å². The maximum atomic E-state index is 12.8. The van der Waals surface area contributed by atoms with Gasteiger partial charge in [0.1, 0.15) is 5.75 Å². The minimum Gasteiger partial charge on any atom is -0.492 e. The number of aromatic nitrogens is 3. The second-order valence-electron chi connectivity index (χ2n) is 8.56. The van der Waals surface area contributed by atoms with E-state index in [2.05, 4.69) is 15.5 Å². The summed E-state index contributed by atoms with van der Waals surface area (Å²) in [6, 6.07) is 21.7. The van der Waals surface area contributed by atoms with Crippen LogP contribution in [0.25, 0.3) is 17.1 Å². The Labute approximate surface area is 226 Å². The number of rotatable bonds is 10. The molecule has 0 fully saturated rings. The highest BCUT2D eigenvalue weighted by Crippen LogP contribution is 2.30. The molecule has 4 aromatic rings. The summed E-state index contributed by atoms with van der Waals surface area (Å²) in [5.74, 6) is 0.933. The zero-order chi connectivity index (χ0) is 27.3. The first-order chi connectivity index (χ1) is 18.2. The summed E-state index contributed by atoms with van der Waals surface area (Å²) in [5, 5.41) is 12.1. The molecule has 0 bridgehead atoms. The third kappa shape index (κ3) is 6.07.